The lowest BCUT2D eigenvalue weighted by atomic mass is 9.78. The van der Waals surface area contributed by atoms with Gasteiger partial charge in [-0.2, -0.15) is 0 Å². The van der Waals surface area contributed by atoms with Crippen molar-refractivity contribution in [2.45, 2.75) is 31.5 Å². The molecule has 0 aliphatic carbocycles. The van der Waals surface area contributed by atoms with E-state index in [1.165, 1.54) is 0 Å². The fraction of sp³-hybridized carbons (Fsp3) is 0.429. The Kier molecular flexibility index (Phi) is 7.30. The van der Waals surface area contributed by atoms with Gasteiger partial charge in [-0.3, -0.25) is 0 Å². The van der Waals surface area contributed by atoms with Gasteiger partial charge in [0.1, 0.15) is 36.9 Å². The van der Waals surface area contributed by atoms with Crippen LogP contribution < -0.4 is 9.47 Å². The van der Waals surface area contributed by atoms with Gasteiger partial charge < -0.3 is 18.9 Å². The quantitative estimate of drug-likeness (QED) is 0.210. The molecule has 4 nitrogen and oxygen atoms in total. The van der Waals surface area contributed by atoms with Crippen LogP contribution in [0.4, 0.5) is 0 Å². The molecule has 2 atom stereocenters. The Bertz CT molecular complexity index is 947. The minimum Gasteiger partial charge on any atom is -0.491 e. The van der Waals surface area contributed by atoms with E-state index in [0.29, 0.717) is 13.2 Å². The van der Waals surface area contributed by atoms with Crippen LogP contribution in [0, 0.1) is 0 Å². The lowest BCUT2D eigenvalue weighted by Crippen LogP contribution is -2.22. The van der Waals surface area contributed by atoms with Crippen molar-refractivity contribution in [1.82, 2.24) is 0 Å². The first-order chi connectivity index (χ1) is 14.2. The molecule has 0 spiro atoms. The van der Waals surface area contributed by atoms with Crippen molar-refractivity contribution in [3.8, 4) is 11.5 Å². The number of benzene rings is 2. The van der Waals surface area contributed by atoms with Gasteiger partial charge >= 0.3 is 0 Å². The number of epoxide rings is 2. The molecule has 0 bridgehead atoms. The predicted octanol–water partition coefficient (Wildman–Crippen LogP) is 7.38. The molecule has 0 saturated carbocycles. The zero-order valence-electron chi connectivity index (χ0n) is 16.2. The Labute approximate surface area is 218 Å². The highest BCUT2D eigenvalue weighted by Crippen LogP contribution is 2.50. The zero-order chi connectivity index (χ0) is 21.6. The van der Waals surface area contributed by atoms with Gasteiger partial charge in [-0.25, -0.2) is 0 Å². The minimum absolute atomic E-state index is 0.199. The molecule has 4 rings (SSSR count). The van der Waals surface area contributed by atoms with Crippen LogP contribution in [0.3, 0.4) is 0 Å². The monoisotopic (exact) mass is 730 g/mol. The molecule has 2 aromatic carbocycles. The van der Waals surface area contributed by atoms with Crippen LogP contribution in [0.15, 0.2) is 40.6 Å². The number of hydrogen-bond acceptors (Lipinski definition) is 4. The standard InChI is InChI=1S/C21H19Br5O4/c1-21(2,17-13(22)3-10(4-14(17)23)27-6-11-7-28-11)18-15(24)5-16(19(25)20(18)26)30-9-12-8-29-12/h3-5,11-12H,6-9H2,1-2H3. The van der Waals surface area contributed by atoms with Crippen molar-refractivity contribution in [2.24, 2.45) is 0 Å². The molecule has 0 N–H and O–H groups in total. The summed E-state index contributed by atoms with van der Waals surface area (Å²) < 4.78 is 27.0. The first-order valence-corrected chi connectivity index (χ1v) is 13.3. The second kappa shape index (κ2) is 9.31. The van der Waals surface area contributed by atoms with Crippen molar-refractivity contribution in [3.63, 3.8) is 0 Å². The molecule has 0 radical (unpaired) electrons. The number of hydrogen-bond donors (Lipinski definition) is 0. The van der Waals surface area contributed by atoms with E-state index in [-0.39, 0.29) is 17.6 Å². The lowest BCUT2D eigenvalue weighted by Gasteiger charge is -2.31. The number of rotatable bonds is 8. The fourth-order valence-electron chi connectivity index (χ4n) is 3.31. The third-order valence-electron chi connectivity index (χ3n) is 5.06. The highest BCUT2D eigenvalue weighted by Gasteiger charge is 2.34. The zero-order valence-corrected chi connectivity index (χ0v) is 24.2. The Hall–Kier alpha value is 0.360. The van der Waals surface area contributed by atoms with Crippen LogP contribution >= 0.6 is 79.6 Å². The van der Waals surface area contributed by atoms with Crippen LogP contribution in [0.1, 0.15) is 25.0 Å². The van der Waals surface area contributed by atoms with Crippen molar-refractivity contribution in [2.75, 3.05) is 26.4 Å². The summed E-state index contributed by atoms with van der Waals surface area (Å²) in [5.41, 5.74) is 1.87. The molecule has 2 aromatic rings. The van der Waals surface area contributed by atoms with E-state index in [9.17, 15) is 0 Å². The second-order valence-corrected chi connectivity index (χ2v) is 11.9. The Balaban J connectivity index is 1.67. The molecule has 0 aromatic heterocycles. The van der Waals surface area contributed by atoms with Crippen molar-refractivity contribution in [1.29, 1.82) is 0 Å². The largest absolute Gasteiger partial charge is 0.491 e. The summed E-state index contributed by atoms with van der Waals surface area (Å²) in [6, 6.07) is 6.02. The third kappa shape index (κ3) is 5.13. The summed E-state index contributed by atoms with van der Waals surface area (Å²) in [4.78, 5) is 0. The molecule has 9 heteroatoms. The summed E-state index contributed by atoms with van der Waals surface area (Å²) in [5.74, 6) is 1.57. The Morgan fingerprint density at radius 1 is 0.800 bits per heavy atom. The maximum absolute atomic E-state index is 5.93. The number of ether oxygens (including phenoxy) is 4. The van der Waals surface area contributed by atoms with E-state index in [1.807, 2.05) is 18.2 Å². The smallest absolute Gasteiger partial charge is 0.135 e. The van der Waals surface area contributed by atoms with Crippen LogP contribution in [0.25, 0.3) is 0 Å². The van der Waals surface area contributed by atoms with Gasteiger partial charge in [-0.1, -0.05) is 61.6 Å². The molecule has 162 valence electrons. The highest BCUT2D eigenvalue weighted by molar-refractivity contribution is 9.13. The van der Waals surface area contributed by atoms with Gasteiger partial charge in [0.05, 0.1) is 17.7 Å². The first kappa shape index (κ1) is 23.5. The Morgan fingerprint density at radius 2 is 1.30 bits per heavy atom. The molecule has 2 unspecified atom stereocenters. The SMILES string of the molecule is CC(C)(c1c(Br)cc(OCC2CO2)cc1Br)c1c(Br)cc(OCC2CO2)c(Br)c1Br. The summed E-state index contributed by atoms with van der Waals surface area (Å²) in [7, 11) is 0. The van der Waals surface area contributed by atoms with E-state index in [2.05, 4.69) is 93.5 Å². The summed E-state index contributed by atoms with van der Waals surface area (Å²) in [6.45, 7) is 7.03. The highest BCUT2D eigenvalue weighted by atomic mass is 79.9. The summed E-state index contributed by atoms with van der Waals surface area (Å²) >= 11 is 18.8. The Morgan fingerprint density at radius 3 is 1.83 bits per heavy atom. The molecule has 2 aliphatic heterocycles. The molecule has 2 saturated heterocycles. The van der Waals surface area contributed by atoms with Crippen molar-refractivity contribution in [3.05, 3.63) is 51.7 Å². The van der Waals surface area contributed by atoms with Crippen LogP contribution in [-0.4, -0.2) is 38.6 Å². The van der Waals surface area contributed by atoms with E-state index >= 15 is 0 Å². The summed E-state index contributed by atoms with van der Waals surface area (Å²) in [5, 5.41) is 0. The van der Waals surface area contributed by atoms with E-state index in [1.54, 1.807) is 0 Å². The maximum atomic E-state index is 5.93. The third-order valence-corrected chi connectivity index (χ3v) is 9.04. The summed E-state index contributed by atoms with van der Waals surface area (Å²) in [6.07, 6.45) is 0.417. The van der Waals surface area contributed by atoms with Gasteiger partial charge in [-0.15, -0.1) is 0 Å². The average Bonchev–Trinajstić information content (AvgIpc) is 3.55. The predicted molar refractivity (Wildman–Crippen MR) is 134 cm³/mol. The van der Waals surface area contributed by atoms with E-state index < -0.39 is 0 Å². The molecular formula is C21H19Br5O4. The number of halogens is 5. The molecule has 30 heavy (non-hydrogen) atoms. The fourth-order valence-corrected chi connectivity index (χ4v) is 7.94. The van der Waals surface area contributed by atoms with E-state index in [0.717, 1.165) is 58.2 Å². The van der Waals surface area contributed by atoms with Crippen LogP contribution in [0.5, 0.6) is 11.5 Å². The van der Waals surface area contributed by atoms with Crippen molar-refractivity contribution >= 4 is 79.6 Å². The second-order valence-electron chi connectivity index (χ2n) is 7.78. The van der Waals surface area contributed by atoms with Crippen molar-refractivity contribution < 1.29 is 18.9 Å². The van der Waals surface area contributed by atoms with Crippen LogP contribution in [0.2, 0.25) is 0 Å². The molecular weight excluding hydrogens is 716 g/mol. The lowest BCUT2D eigenvalue weighted by molar-refractivity contribution is 0.261. The molecule has 0 amide bonds. The average molecular weight is 735 g/mol. The van der Waals surface area contributed by atoms with Crippen LogP contribution in [-0.2, 0) is 14.9 Å². The van der Waals surface area contributed by atoms with Gasteiger partial charge in [0.15, 0.2) is 0 Å². The minimum atomic E-state index is -0.353. The topological polar surface area (TPSA) is 43.5 Å². The maximum Gasteiger partial charge on any atom is 0.135 e. The molecule has 2 heterocycles. The van der Waals surface area contributed by atoms with Gasteiger partial charge in [0, 0.05) is 23.3 Å². The van der Waals surface area contributed by atoms with E-state index in [4.69, 9.17) is 18.9 Å². The molecule has 2 fully saturated rings. The first-order valence-electron chi connectivity index (χ1n) is 9.34. The van der Waals surface area contributed by atoms with Gasteiger partial charge in [-0.05, 0) is 61.2 Å². The molecule has 2 aliphatic rings. The van der Waals surface area contributed by atoms with Gasteiger partial charge in [0.2, 0.25) is 0 Å². The van der Waals surface area contributed by atoms with Gasteiger partial charge in [0.25, 0.3) is 0 Å². The normalized spacial score (nSPS) is 20.2.